The fourth-order valence-corrected chi connectivity index (χ4v) is 7.05. The van der Waals surface area contributed by atoms with Crippen molar-refractivity contribution < 1.29 is 18.7 Å². The molecule has 2 aliphatic heterocycles. The smallest absolute Gasteiger partial charge is 0.414 e. The molecule has 0 unspecified atom stereocenters. The number of rotatable bonds is 8. The summed E-state index contributed by atoms with van der Waals surface area (Å²) in [6.45, 7) is 24.4. The Labute approximate surface area is 291 Å². The number of carbonyl (C=O) groups is 1. The predicted molar refractivity (Wildman–Crippen MR) is 194 cm³/mol. The van der Waals surface area contributed by atoms with E-state index in [1.807, 2.05) is 50.6 Å². The predicted octanol–water partition coefficient (Wildman–Crippen LogP) is 6.63. The van der Waals surface area contributed by atoms with E-state index in [1.54, 1.807) is 17.2 Å². The zero-order valence-electron chi connectivity index (χ0n) is 31.0. The largest absolute Gasteiger partial charge is 0.443 e. The van der Waals surface area contributed by atoms with Crippen molar-refractivity contribution in [3.05, 3.63) is 47.3 Å². The van der Waals surface area contributed by atoms with Crippen LogP contribution in [0, 0.1) is 18.3 Å². The van der Waals surface area contributed by atoms with Crippen molar-refractivity contribution in [1.82, 2.24) is 24.6 Å². The summed E-state index contributed by atoms with van der Waals surface area (Å²) in [7, 11) is -0.0437. The van der Waals surface area contributed by atoms with Gasteiger partial charge in [0, 0.05) is 49.5 Å². The molecule has 1 fully saturated rings. The third kappa shape index (κ3) is 8.15. The summed E-state index contributed by atoms with van der Waals surface area (Å²) in [5.41, 5.74) is 2.74. The van der Waals surface area contributed by atoms with Gasteiger partial charge in [-0.3, -0.25) is 4.90 Å². The second-order valence-corrected chi connectivity index (χ2v) is 21.0. The van der Waals surface area contributed by atoms with Gasteiger partial charge in [0.2, 0.25) is 5.95 Å². The van der Waals surface area contributed by atoms with E-state index in [-0.39, 0.29) is 11.1 Å². The molecule has 264 valence electrons. The molecule has 4 heterocycles. The Morgan fingerprint density at radius 1 is 1.20 bits per heavy atom. The van der Waals surface area contributed by atoms with Gasteiger partial charge < -0.3 is 24.1 Å². The number of hydrogen-bond donors (Lipinski definition) is 1. The van der Waals surface area contributed by atoms with Gasteiger partial charge in [-0.05, 0) is 76.6 Å². The number of aryl methyl sites for hydroxylation is 1. The lowest BCUT2D eigenvalue weighted by Crippen LogP contribution is -2.46. The van der Waals surface area contributed by atoms with E-state index in [1.165, 1.54) is 0 Å². The molecule has 3 aromatic rings. The van der Waals surface area contributed by atoms with Crippen molar-refractivity contribution in [3.8, 4) is 17.3 Å². The average molecular weight is 689 g/mol. The maximum Gasteiger partial charge on any atom is 0.414 e. The number of nitrogens with one attached hydrogen (secondary N) is 1. The number of fused-ring (bicyclic) bond motifs is 1. The Hall–Kier alpha value is -3.83. The van der Waals surface area contributed by atoms with Crippen LogP contribution in [0.25, 0.3) is 11.3 Å². The second kappa shape index (κ2) is 13.5. The van der Waals surface area contributed by atoms with E-state index in [0.717, 1.165) is 35.7 Å². The first kappa shape index (κ1) is 36.4. The summed E-state index contributed by atoms with van der Waals surface area (Å²) in [5.74, 6) is 1.17. The van der Waals surface area contributed by atoms with Crippen molar-refractivity contribution in [2.75, 3.05) is 50.1 Å². The molecule has 2 aromatic heterocycles. The summed E-state index contributed by atoms with van der Waals surface area (Å²) in [6, 6.07) is 9.97. The molecule has 1 N–H and O–H groups in total. The SMILES string of the molecule is Cc1cc(Nc2nccc(-c3cc(C#N)c4c(c3)[C@@](C)(CO[Si](C)(C)C(C)(C)C)CN4C(=O)OC(C)(C)C)n2)n(C[C@@H]2CN(C)CCO2)n1. The number of ether oxygens (including phenoxy) is 2. The van der Waals surface area contributed by atoms with E-state index in [0.29, 0.717) is 49.2 Å². The lowest BCUT2D eigenvalue weighted by molar-refractivity contribution is -0.0287. The Bertz CT molecular complexity index is 1740. The fourth-order valence-electron chi connectivity index (χ4n) is 5.93. The van der Waals surface area contributed by atoms with Gasteiger partial charge in [0.1, 0.15) is 17.5 Å². The van der Waals surface area contributed by atoms with Crippen LogP contribution in [0.1, 0.15) is 65.3 Å². The van der Waals surface area contributed by atoms with Gasteiger partial charge in [-0.2, -0.15) is 10.4 Å². The minimum absolute atomic E-state index is 0.00731. The third-order valence-electron chi connectivity index (χ3n) is 9.64. The summed E-state index contributed by atoms with van der Waals surface area (Å²) in [4.78, 5) is 26.8. The summed E-state index contributed by atoms with van der Waals surface area (Å²) in [6.07, 6.45) is 1.24. The van der Waals surface area contributed by atoms with Crippen LogP contribution in [0.4, 0.5) is 22.2 Å². The highest BCUT2D eigenvalue weighted by atomic mass is 28.4. The molecule has 2 aliphatic rings. The molecular formula is C36H52N8O4Si. The maximum atomic E-state index is 13.6. The van der Waals surface area contributed by atoms with Crippen LogP contribution in [0.15, 0.2) is 30.5 Å². The monoisotopic (exact) mass is 688 g/mol. The molecule has 0 saturated carbocycles. The molecule has 0 aliphatic carbocycles. The molecule has 2 atom stereocenters. The highest BCUT2D eigenvalue weighted by molar-refractivity contribution is 6.74. The second-order valence-electron chi connectivity index (χ2n) is 16.2. The molecule has 1 amide bonds. The maximum absolute atomic E-state index is 13.6. The molecular weight excluding hydrogens is 637 g/mol. The van der Waals surface area contributed by atoms with E-state index < -0.39 is 25.4 Å². The van der Waals surface area contributed by atoms with Crippen LogP contribution < -0.4 is 10.2 Å². The van der Waals surface area contributed by atoms with Gasteiger partial charge in [-0.1, -0.05) is 27.7 Å². The lowest BCUT2D eigenvalue weighted by atomic mass is 9.83. The third-order valence-corrected chi connectivity index (χ3v) is 14.1. The molecule has 0 bridgehead atoms. The average Bonchev–Trinajstić information content (AvgIpc) is 3.50. The minimum Gasteiger partial charge on any atom is -0.443 e. The molecule has 0 radical (unpaired) electrons. The highest BCUT2D eigenvalue weighted by Crippen LogP contribution is 2.47. The van der Waals surface area contributed by atoms with Crippen molar-refractivity contribution in [3.63, 3.8) is 0 Å². The van der Waals surface area contributed by atoms with Gasteiger partial charge in [0.05, 0.1) is 41.9 Å². The number of amides is 1. The summed E-state index contributed by atoms with van der Waals surface area (Å²) < 4.78 is 20.5. The van der Waals surface area contributed by atoms with E-state index >= 15 is 0 Å². The topological polar surface area (TPSA) is 131 Å². The zero-order valence-corrected chi connectivity index (χ0v) is 32.0. The lowest BCUT2D eigenvalue weighted by Gasteiger charge is -2.39. The molecule has 1 aromatic carbocycles. The number of carbonyl (C=O) groups excluding carboxylic acids is 1. The number of benzene rings is 1. The number of nitrogens with zero attached hydrogens (tertiary/aromatic N) is 7. The van der Waals surface area contributed by atoms with Crippen molar-refractivity contribution in [2.24, 2.45) is 0 Å². The van der Waals surface area contributed by atoms with E-state index in [4.69, 9.17) is 24.0 Å². The first-order chi connectivity index (χ1) is 22.8. The van der Waals surface area contributed by atoms with E-state index in [2.05, 4.69) is 69.1 Å². The van der Waals surface area contributed by atoms with Gasteiger partial charge >= 0.3 is 6.09 Å². The van der Waals surface area contributed by atoms with Crippen molar-refractivity contribution >= 4 is 31.9 Å². The molecule has 0 spiro atoms. The first-order valence-corrected chi connectivity index (χ1v) is 19.9. The Balaban J connectivity index is 1.50. The van der Waals surface area contributed by atoms with Crippen LogP contribution in [0.5, 0.6) is 0 Å². The number of hydrogen-bond acceptors (Lipinski definition) is 10. The fraction of sp³-hybridized carbons (Fsp3) is 0.583. The van der Waals surface area contributed by atoms with Crippen LogP contribution >= 0.6 is 0 Å². The summed E-state index contributed by atoms with van der Waals surface area (Å²) in [5, 5.41) is 18.5. The van der Waals surface area contributed by atoms with Gasteiger partial charge in [-0.25, -0.2) is 19.4 Å². The van der Waals surface area contributed by atoms with Crippen molar-refractivity contribution in [2.45, 2.75) is 97.2 Å². The normalized spacial score (nSPS) is 20.2. The van der Waals surface area contributed by atoms with Crippen LogP contribution in [0.3, 0.4) is 0 Å². The van der Waals surface area contributed by atoms with Gasteiger partial charge in [0.25, 0.3) is 0 Å². The van der Waals surface area contributed by atoms with Gasteiger partial charge in [-0.15, -0.1) is 0 Å². The highest BCUT2D eigenvalue weighted by Gasteiger charge is 2.47. The Kier molecular flexibility index (Phi) is 10.0. The number of morpholine rings is 1. The Morgan fingerprint density at radius 3 is 2.59 bits per heavy atom. The van der Waals surface area contributed by atoms with Crippen LogP contribution in [0.2, 0.25) is 18.1 Å². The molecule has 1 saturated heterocycles. The Morgan fingerprint density at radius 2 is 1.94 bits per heavy atom. The number of anilines is 3. The number of nitriles is 1. The van der Waals surface area contributed by atoms with Crippen molar-refractivity contribution in [1.29, 1.82) is 5.26 Å². The number of aromatic nitrogens is 4. The van der Waals surface area contributed by atoms with Gasteiger partial charge in [0.15, 0.2) is 8.32 Å². The number of likely N-dealkylation sites (N-methyl/N-ethyl adjacent to an activating group) is 1. The van der Waals surface area contributed by atoms with Crippen LogP contribution in [-0.4, -0.2) is 90.7 Å². The molecule has 13 heteroatoms. The molecule has 12 nitrogen and oxygen atoms in total. The quantitative estimate of drug-likeness (QED) is 0.257. The summed E-state index contributed by atoms with van der Waals surface area (Å²) >= 11 is 0. The molecule has 49 heavy (non-hydrogen) atoms. The first-order valence-electron chi connectivity index (χ1n) is 17.0. The zero-order chi connectivity index (χ0) is 35.9. The van der Waals surface area contributed by atoms with Crippen LogP contribution in [-0.2, 0) is 25.9 Å². The molecule has 5 rings (SSSR count). The minimum atomic E-state index is -2.14. The standard InChI is InChI=1S/C36H52N8O4Si/c1-24-16-30(44(41-24)21-27-20-42(9)14-15-46-27)40-32-38-13-12-29(39-32)25-17-26(19-37)31-28(18-25)36(8,23-47-49(10,11)35(5,6)7)22-43(31)33(45)48-34(2,3)4/h12-13,16-18,27H,14-15,20-23H2,1-11H3,(H,38,39,40)/t27-,36+/m0/s1. The van der Waals surface area contributed by atoms with E-state index in [9.17, 15) is 10.1 Å².